The van der Waals surface area contributed by atoms with Crippen molar-refractivity contribution in [3.63, 3.8) is 0 Å². The molecule has 150 valence electrons. The molecule has 30 heavy (non-hydrogen) atoms. The summed E-state index contributed by atoms with van der Waals surface area (Å²) in [5.41, 5.74) is 2.32. The lowest BCUT2D eigenvalue weighted by Crippen LogP contribution is -2.30. The fraction of sp³-hybridized carbons (Fsp3) is 0.0769. The monoisotopic (exact) mass is 429 g/mol. The van der Waals surface area contributed by atoms with Crippen molar-refractivity contribution in [2.75, 3.05) is 0 Å². The number of aryl methyl sites for hydroxylation is 1. The zero-order valence-electron chi connectivity index (χ0n) is 16.9. The van der Waals surface area contributed by atoms with Crippen LogP contribution in [0, 0.1) is 6.92 Å². The van der Waals surface area contributed by atoms with Crippen LogP contribution in [0.3, 0.4) is 0 Å². The van der Waals surface area contributed by atoms with E-state index in [2.05, 4.69) is 71.7 Å². The summed E-state index contributed by atoms with van der Waals surface area (Å²) in [5, 5.41) is 2.38. The van der Waals surface area contributed by atoms with Crippen LogP contribution in [-0.4, -0.2) is 8.28 Å². The lowest BCUT2D eigenvalue weighted by Gasteiger charge is -2.31. The van der Waals surface area contributed by atoms with Crippen LogP contribution in [0.1, 0.15) is 11.1 Å². The second-order valence-electron chi connectivity index (χ2n) is 7.04. The van der Waals surface area contributed by atoms with E-state index in [-0.39, 0.29) is 0 Å². The van der Waals surface area contributed by atoms with Gasteiger partial charge in [0.05, 0.1) is 4.90 Å². The standard InChI is InChI=1S/C26H24NOPS/c1-22-17-19-26(20-18-22)30(28)27(21-23-11-5-2-6-12-23)29(24-13-7-3-8-14-24)25-15-9-4-10-16-25/h2-20H,21H2,1H3. The molecule has 4 rings (SSSR count). The molecule has 0 amide bonds. The van der Waals surface area contributed by atoms with Crippen LogP contribution in [-0.2, 0) is 17.5 Å². The largest absolute Gasteiger partial charge is 0.237 e. The summed E-state index contributed by atoms with van der Waals surface area (Å²) in [6.07, 6.45) is 0. The third kappa shape index (κ3) is 4.94. The molecule has 0 aliphatic heterocycles. The quantitative estimate of drug-likeness (QED) is 0.352. The Kier molecular flexibility index (Phi) is 6.86. The van der Waals surface area contributed by atoms with Gasteiger partial charge < -0.3 is 0 Å². The summed E-state index contributed by atoms with van der Waals surface area (Å²) < 4.78 is 16.1. The van der Waals surface area contributed by atoms with Gasteiger partial charge in [0, 0.05) is 14.6 Å². The van der Waals surface area contributed by atoms with E-state index in [0.717, 1.165) is 10.5 Å². The summed E-state index contributed by atoms with van der Waals surface area (Å²) in [6, 6.07) is 39.2. The Morgan fingerprint density at radius 2 is 1.13 bits per heavy atom. The highest BCUT2D eigenvalue weighted by molar-refractivity contribution is 7.92. The van der Waals surface area contributed by atoms with Gasteiger partial charge in [-0.05, 0) is 35.2 Å². The van der Waals surface area contributed by atoms with Gasteiger partial charge in [0.25, 0.3) is 0 Å². The molecule has 0 saturated heterocycles. The molecule has 2 nitrogen and oxygen atoms in total. The van der Waals surface area contributed by atoms with Crippen molar-refractivity contribution in [2.24, 2.45) is 0 Å². The maximum absolute atomic E-state index is 13.9. The van der Waals surface area contributed by atoms with Crippen molar-refractivity contribution in [3.05, 3.63) is 126 Å². The molecule has 4 aromatic carbocycles. The molecule has 4 aromatic rings. The Morgan fingerprint density at radius 3 is 1.63 bits per heavy atom. The zero-order valence-corrected chi connectivity index (χ0v) is 18.6. The van der Waals surface area contributed by atoms with Crippen molar-refractivity contribution >= 4 is 29.7 Å². The Labute approximate surface area is 182 Å². The molecule has 0 fully saturated rings. The predicted molar refractivity (Wildman–Crippen MR) is 129 cm³/mol. The second kappa shape index (κ2) is 9.95. The fourth-order valence-electron chi connectivity index (χ4n) is 3.26. The van der Waals surface area contributed by atoms with Gasteiger partial charge in [-0.2, -0.15) is 4.08 Å². The van der Waals surface area contributed by atoms with Crippen LogP contribution in [0.5, 0.6) is 0 Å². The van der Waals surface area contributed by atoms with E-state index >= 15 is 0 Å². The van der Waals surface area contributed by atoms with E-state index in [1.54, 1.807) is 0 Å². The first-order valence-electron chi connectivity index (χ1n) is 9.92. The molecule has 0 spiro atoms. The molecule has 4 heteroatoms. The van der Waals surface area contributed by atoms with Crippen LogP contribution in [0.15, 0.2) is 120 Å². The summed E-state index contributed by atoms with van der Waals surface area (Å²) in [7, 11) is -2.27. The molecule has 0 aromatic heterocycles. The van der Waals surface area contributed by atoms with Gasteiger partial charge in [-0.1, -0.05) is 109 Å². The van der Waals surface area contributed by atoms with Crippen molar-refractivity contribution in [1.29, 1.82) is 0 Å². The number of nitrogens with zero attached hydrogens (tertiary/aromatic N) is 1. The van der Waals surface area contributed by atoms with E-state index in [1.165, 1.54) is 16.2 Å². The highest BCUT2D eigenvalue weighted by Crippen LogP contribution is 2.42. The number of rotatable bonds is 7. The molecule has 0 aliphatic carbocycles. The van der Waals surface area contributed by atoms with E-state index in [0.29, 0.717) is 6.54 Å². The Balaban J connectivity index is 1.82. The molecule has 0 N–H and O–H groups in total. The third-order valence-electron chi connectivity index (χ3n) is 4.80. The minimum atomic E-state index is -1.30. The Bertz CT molecular complexity index is 1050. The summed E-state index contributed by atoms with van der Waals surface area (Å²) in [6.45, 7) is 2.66. The number of benzene rings is 4. The second-order valence-corrected chi connectivity index (χ2v) is 10.9. The van der Waals surface area contributed by atoms with Crippen molar-refractivity contribution in [3.8, 4) is 0 Å². The summed E-state index contributed by atoms with van der Waals surface area (Å²) >= 11 is 0. The maximum Gasteiger partial charge on any atom is 0.132 e. The van der Waals surface area contributed by atoms with Crippen LogP contribution in [0.4, 0.5) is 0 Å². The van der Waals surface area contributed by atoms with Crippen LogP contribution >= 0.6 is 8.07 Å². The van der Waals surface area contributed by atoms with Crippen LogP contribution in [0.25, 0.3) is 0 Å². The van der Waals surface area contributed by atoms with Gasteiger partial charge in [0.1, 0.15) is 11.0 Å². The summed E-state index contributed by atoms with van der Waals surface area (Å²) in [5.74, 6) is 0. The normalized spacial score (nSPS) is 12.2. The Hall–Kier alpha value is -2.58. The molecule has 1 unspecified atom stereocenters. The average molecular weight is 430 g/mol. The minimum absolute atomic E-state index is 0.608. The van der Waals surface area contributed by atoms with Crippen LogP contribution < -0.4 is 10.6 Å². The van der Waals surface area contributed by atoms with E-state index in [4.69, 9.17) is 0 Å². The first-order chi connectivity index (χ1) is 14.7. The van der Waals surface area contributed by atoms with Crippen molar-refractivity contribution < 1.29 is 4.21 Å². The van der Waals surface area contributed by atoms with E-state index in [9.17, 15) is 4.21 Å². The third-order valence-corrected chi connectivity index (χ3v) is 9.08. The van der Waals surface area contributed by atoms with E-state index in [1.807, 2.05) is 54.6 Å². The predicted octanol–water partition coefficient (Wildman–Crippen LogP) is 5.57. The molecule has 0 heterocycles. The van der Waals surface area contributed by atoms with E-state index < -0.39 is 19.1 Å². The lowest BCUT2D eigenvalue weighted by atomic mass is 10.2. The fourth-order valence-corrected chi connectivity index (χ4v) is 7.61. The first kappa shape index (κ1) is 20.7. The van der Waals surface area contributed by atoms with Crippen molar-refractivity contribution in [2.45, 2.75) is 18.4 Å². The van der Waals surface area contributed by atoms with Gasteiger partial charge in [0.15, 0.2) is 0 Å². The molecular formula is C26H24NOPS. The first-order valence-corrected chi connectivity index (χ1v) is 12.3. The van der Waals surface area contributed by atoms with Gasteiger partial charge in [0.2, 0.25) is 0 Å². The molecular weight excluding hydrogens is 405 g/mol. The van der Waals surface area contributed by atoms with Gasteiger partial charge in [-0.15, -0.1) is 0 Å². The van der Waals surface area contributed by atoms with Gasteiger partial charge >= 0.3 is 0 Å². The van der Waals surface area contributed by atoms with Gasteiger partial charge in [-0.25, -0.2) is 4.21 Å². The SMILES string of the molecule is Cc1ccc(S(=O)N(Cc2ccccc2)P(c2ccccc2)c2ccccc2)cc1. The van der Waals surface area contributed by atoms with Gasteiger partial charge in [-0.3, -0.25) is 0 Å². The number of hydrogen-bond donors (Lipinski definition) is 0. The van der Waals surface area contributed by atoms with Crippen molar-refractivity contribution in [1.82, 2.24) is 4.08 Å². The molecule has 0 bridgehead atoms. The lowest BCUT2D eigenvalue weighted by molar-refractivity contribution is 0.621. The maximum atomic E-state index is 13.9. The molecule has 0 saturated carbocycles. The smallest absolute Gasteiger partial charge is 0.132 e. The minimum Gasteiger partial charge on any atom is -0.237 e. The average Bonchev–Trinajstić information content (AvgIpc) is 2.81. The molecule has 1 atom stereocenters. The zero-order chi connectivity index (χ0) is 20.8. The molecule has 0 aliphatic rings. The summed E-state index contributed by atoms with van der Waals surface area (Å²) in [4.78, 5) is 0.830. The Morgan fingerprint density at radius 1 is 0.667 bits per heavy atom. The van der Waals surface area contributed by atoms with Crippen LogP contribution in [0.2, 0.25) is 0 Å². The topological polar surface area (TPSA) is 20.3 Å². The highest BCUT2D eigenvalue weighted by atomic mass is 32.2. The number of hydrogen-bond acceptors (Lipinski definition) is 1. The highest BCUT2D eigenvalue weighted by Gasteiger charge is 2.28. The molecule has 0 radical (unpaired) electrons.